The van der Waals surface area contributed by atoms with Crippen LogP contribution in [0.2, 0.25) is 0 Å². The number of aromatic nitrogens is 3. The maximum absolute atomic E-state index is 9.47. The van der Waals surface area contributed by atoms with Crippen molar-refractivity contribution in [3.05, 3.63) is 36.1 Å². The highest BCUT2D eigenvalue weighted by Gasteiger charge is 2.16. The number of rotatable bonds is 5. The van der Waals surface area contributed by atoms with Gasteiger partial charge in [0.05, 0.1) is 29.4 Å². The van der Waals surface area contributed by atoms with Gasteiger partial charge >= 0.3 is 0 Å². The van der Waals surface area contributed by atoms with E-state index in [-0.39, 0.29) is 12.6 Å². The molecule has 1 atom stereocenters. The molecule has 0 amide bonds. The van der Waals surface area contributed by atoms with Gasteiger partial charge in [-0.2, -0.15) is 0 Å². The van der Waals surface area contributed by atoms with Crippen molar-refractivity contribution in [1.29, 1.82) is 0 Å². The van der Waals surface area contributed by atoms with Gasteiger partial charge in [-0.15, -0.1) is 11.3 Å². The van der Waals surface area contributed by atoms with E-state index in [0.29, 0.717) is 11.7 Å². The minimum absolute atomic E-state index is 0.0365. The third-order valence-electron chi connectivity index (χ3n) is 3.53. The van der Waals surface area contributed by atoms with Crippen LogP contribution in [0.15, 0.2) is 36.1 Å². The molecule has 0 bridgehead atoms. The molecule has 0 aromatic carbocycles. The molecule has 21 heavy (non-hydrogen) atoms. The van der Waals surface area contributed by atoms with Crippen molar-refractivity contribution in [3.63, 3.8) is 0 Å². The van der Waals surface area contributed by atoms with E-state index in [1.165, 1.54) is 4.88 Å². The maximum Gasteiger partial charge on any atom is 0.180 e. The first kappa shape index (κ1) is 14.0. The Morgan fingerprint density at radius 1 is 1.38 bits per heavy atom. The molecule has 3 aromatic heterocycles. The second kappa shape index (κ2) is 5.83. The van der Waals surface area contributed by atoms with Gasteiger partial charge in [0, 0.05) is 12.4 Å². The molecule has 3 aromatic rings. The number of hydrogen-bond donors (Lipinski definition) is 2. The summed E-state index contributed by atoms with van der Waals surface area (Å²) in [4.78, 5) is 10.0. The minimum Gasteiger partial charge on any atom is -0.394 e. The lowest BCUT2D eigenvalue weighted by Gasteiger charge is -2.20. The first-order valence-electron chi connectivity index (χ1n) is 6.94. The number of aliphatic hydroxyl groups is 1. The SMILES string of the molecule is CC(C)C(CO)Nc1nccn2c(-c3cccs3)cnc12. The zero-order chi connectivity index (χ0) is 14.8. The molecule has 0 saturated heterocycles. The average molecular weight is 302 g/mol. The van der Waals surface area contributed by atoms with Gasteiger partial charge in [-0.25, -0.2) is 9.97 Å². The fourth-order valence-corrected chi connectivity index (χ4v) is 2.96. The van der Waals surface area contributed by atoms with E-state index in [2.05, 4.69) is 40.6 Å². The van der Waals surface area contributed by atoms with E-state index in [9.17, 15) is 5.11 Å². The predicted octanol–water partition coefficient (Wildman–Crippen LogP) is 2.89. The molecule has 0 fully saturated rings. The van der Waals surface area contributed by atoms with Crippen LogP contribution in [0.4, 0.5) is 5.82 Å². The molecule has 0 saturated carbocycles. The molecule has 0 aliphatic heterocycles. The Bertz CT molecular complexity index is 720. The highest BCUT2D eigenvalue weighted by atomic mass is 32.1. The van der Waals surface area contributed by atoms with Crippen LogP contribution in [0, 0.1) is 5.92 Å². The van der Waals surface area contributed by atoms with Crippen LogP contribution in [-0.4, -0.2) is 32.1 Å². The number of hydrogen-bond acceptors (Lipinski definition) is 5. The summed E-state index contributed by atoms with van der Waals surface area (Å²) in [6.07, 6.45) is 5.52. The zero-order valence-electron chi connectivity index (χ0n) is 12.0. The van der Waals surface area contributed by atoms with Gasteiger partial charge < -0.3 is 10.4 Å². The largest absolute Gasteiger partial charge is 0.394 e. The van der Waals surface area contributed by atoms with Crippen LogP contribution < -0.4 is 5.32 Å². The van der Waals surface area contributed by atoms with E-state index in [1.54, 1.807) is 17.5 Å². The van der Waals surface area contributed by atoms with Crippen molar-refractivity contribution in [2.75, 3.05) is 11.9 Å². The first-order chi connectivity index (χ1) is 10.2. The maximum atomic E-state index is 9.47. The summed E-state index contributed by atoms with van der Waals surface area (Å²) in [5.74, 6) is 1.01. The molecule has 3 heterocycles. The van der Waals surface area contributed by atoms with Gasteiger partial charge in [-0.05, 0) is 17.4 Å². The van der Waals surface area contributed by atoms with Gasteiger partial charge in [-0.1, -0.05) is 19.9 Å². The second-order valence-corrected chi connectivity index (χ2v) is 6.22. The Kier molecular flexibility index (Phi) is 3.90. The Balaban J connectivity index is 2.02. The number of anilines is 1. The number of aliphatic hydroxyl groups excluding tert-OH is 1. The molecule has 0 spiro atoms. The summed E-state index contributed by atoms with van der Waals surface area (Å²) in [5, 5.41) is 14.8. The summed E-state index contributed by atoms with van der Waals surface area (Å²) in [6, 6.07) is 4.07. The smallest absolute Gasteiger partial charge is 0.180 e. The highest BCUT2D eigenvalue weighted by molar-refractivity contribution is 7.13. The van der Waals surface area contributed by atoms with Crippen LogP contribution in [-0.2, 0) is 0 Å². The van der Waals surface area contributed by atoms with Crippen molar-refractivity contribution < 1.29 is 5.11 Å². The molecular formula is C15H18N4OS. The quantitative estimate of drug-likeness (QED) is 0.761. The number of nitrogens with one attached hydrogen (secondary N) is 1. The molecule has 110 valence electrons. The lowest BCUT2D eigenvalue weighted by Crippen LogP contribution is -2.30. The van der Waals surface area contributed by atoms with E-state index < -0.39 is 0 Å². The van der Waals surface area contributed by atoms with E-state index in [1.807, 2.05) is 22.9 Å². The highest BCUT2D eigenvalue weighted by Crippen LogP contribution is 2.27. The monoisotopic (exact) mass is 302 g/mol. The van der Waals surface area contributed by atoms with Crippen molar-refractivity contribution in [2.45, 2.75) is 19.9 Å². The van der Waals surface area contributed by atoms with Crippen molar-refractivity contribution in [2.24, 2.45) is 5.92 Å². The molecular weight excluding hydrogens is 284 g/mol. The van der Waals surface area contributed by atoms with E-state index >= 15 is 0 Å². The molecule has 0 aliphatic carbocycles. The topological polar surface area (TPSA) is 62.5 Å². The Morgan fingerprint density at radius 2 is 2.24 bits per heavy atom. The summed E-state index contributed by atoms with van der Waals surface area (Å²) in [7, 11) is 0. The lowest BCUT2D eigenvalue weighted by molar-refractivity contribution is 0.249. The molecule has 6 heteroatoms. The predicted molar refractivity (Wildman–Crippen MR) is 85.6 cm³/mol. The summed E-state index contributed by atoms with van der Waals surface area (Å²) < 4.78 is 2.02. The molecule has 0 radical (unpaired) electrons. The molecule has 0 aliphatic rings. The fraction of sp³-hybridized carbons (Fsp3) is 0.333. The number of nitrogens with zero attached hydrogens (tertiary/aromatic N) is 3. The summed E-state index contributed by atoms with van der Waals surface area (Å²) in [5.41, 5.74) is 1.83. The van der Waals surface area contributed by atoms with E-state index in [4.69, 9.17) is 0 Å². The number of fused-ring (bicyclic) bond motifs is 1. The zero-order valence-corrected chi connectivity index (χ0v) is 12.8. The van der Waals surface area contributed by atoms with Crippen molar-refractivity contribution in [3.8, 4) is 10.6 Å². The fourth-order valence-electron chi connectivity index (χ4n) is 2.23. The number of imidazole rings is 1. The van der Waals surface area contributed by atoms with Crippen molar-refractivity contribution in [1.82, 2.24) is 14.4 Å². The van der Waals surface area contributed by atoms with E-state index in [0.717, 1.165) is 11.3 Å². The Hall–Kier alpha value is -1.92. The molecule has 5 nitrogen and oxygen atoms in total. The van der Waals surface area contributed by atoms with Gasteiger partial charge in [0.15, 0.2) is 11.5 Å². The third-order valence-corrected chi connectivity index (χ3v) is 4.42. The molecule has 2 N–H and O–H groups in total. The van der Waals surface area contributed by atoms with Crippen molar-refractivity contribution >= 4 is 22.8 Å². The van der Waals surface area contributed by atoms with Gasteiger partial charge in [0.2, 0.25) is 0 Å². The average Bonchev–Trinajstić information content (AvgIpc) is 3.12. The van der Waals surface area contributed by atoms with Gasteiger partial charge in [0.25, 0.3) is 0 Å². The number of thiophene rings is 1. The normalized spacial score (nSPS) is 13.0. The Morgan fingerprint density at radius 3 is 2.90 bits per heavy atom. The summed E-state index contributed by atoms with van der Waals surface area (Å²) in [6.45, 7) is 4.20. The second-order valence-electron chi connectivity index (χ2n) is 5.27. The van der Waals surface area contributed by atoms with Crippen LogP contribution >= 0.6 is 11.3 Å². The lowest BCUT2D eigenvalue weighted by atomic mass is 10.1. The standard InChI is InChI=1S/C15H18N4OS/c1-10(2)11(9-20)18-14-15-17-8-12(13-4-3-7-21-13)19(15)6-5-16-14/h3-8,10-11,20H,9H2,1-2H3,(H,16,18). The molecule has 3 rings (SSSR count). The van der Waals surface area contributed by atoms with Gasteiger partial charge in [0.1, 0.15) is 0 Å². The third kappa shape index (κ3) is 2.64. The Labute approximate surface area is 127 Å². The summed E-state index contributed by atoms with van der Waals surface area (Å²) >= 11 is 1.68. The first-order valence-corrected chi connectivity index (χ1v) is 7.82. The van der Waals surface area contributed by atoms with Crippen LogP contribution in [0.5, 0.6) is 0 Å². The van der Waals surface area contributed by atoms with Crippen LogP contribution in [0.1, 0.15) is 13.8 Å². The van der Waals surface area contributed by atoms with Gasteiger partial charge in [-0.3, -0.25) is 4.40 Å². The minimum atomic E-state index is -0.0365. The van der Waals surface area contributed by atoms with Crippen LogP contribution in [0.25, 0.3) is 16.2 Å². The van der Waals surface area contributed by atoms with Crippen LogP contribution in [0.3, 0.4) is 0 Å². The molecule has 1 unspecified atom stereocenters.